The van der Waals surface area contributed by atoms with Crippen molar-refractivity contribution < 1.29 is 63.0 Å². The number of aliphatic hydroxyl groups is 3. The Bertz CT molecular complexity index is 2020. The van der Waals surface area contributed by atoms with Crippen LogP contribution in [0.3, 0.4) is 0 Å². The van der Waals surface area contributed by atoms with E-state index in [1.807, 2.05) is 48.1 Å². The van der Waals surface area contributed by atoms with Gasteiger partial charge in [0, 0.05) is 46.7 Å². The highest BCUT2D eigenvalue weighted by Gasteiger charge is 2.48. The number of nitrogens with one attached hydrogen (secondary N) is 1. The molecule has 274 valence electrons. The molecule has 0 bridgehead atoms. The molecule has 0 aliphatic carbocycles. The molecule has 4 aromatic rings. The Morgan fingerprint density at radius 1 is 1.02 bits per heavy atom. The number of esters is 2. The van der Waals surface area contributed by atoms with Crippen LogP contribution in [0.15, 0.2) is 85.3 Å². The number of aromatic hydroxyl groups is 1. The second kappa shape index (κ2) is 15.6. The van der Waals surface area contributed by atoms with Crippen LogP contribution in [0.5, 0.6) is 11.5 Å². The molecule has 0 saturated carbocycles. The van der Waals surface area contributed by atoms with Gasteiger partial charge in [-0.05, 0) is 29.8 Å². The third kappa shape index (κ3) is 7.24. The van der Waals surface area contributed by atoms with Gasteiger partial charge in [0.15, 0.2) is 24.0 Å². The number of pyridine rings is 1. The first-order valence-corrected chi connectivity index (χ1v) is 16.6. The molecule has 0 radical (unpaired) electrons. The number of para-hydroxylation sites is 1. The molecule has 1 fully saturated rings. The smallest absolute Gasteiger partial charge is 0.337 e. The quantitative estimate of drug-likeness (QED) is 0.0660. The minimum atomic E-state index is -1.73. The van der Waals surface area contributed by atoms with Gasteiger partial charge < -0.3 is 53.8 Å². The molecule has 52 heavy (non-hydrogen) atoms. The van der Waals surface area contributed by atoms with Crippen LogP contribution in [0, 0.1) is 11.8 Å². The zero-order chi connectivity index (χ0) is 37.1. The summed E-state index contributed by atoms with van der Waals surface area (Å²) in [6.07, 6.45) is -1.43. The van der Waals surface area contributed by atoms with Crippen molar-refractivity contribution in [2.24, 2.45) is 18.9 Å². The summed E-state index contributed by atoms with van der Waals surface area (Å²) in [5, 5.41) is 44.1. The largest absolute Gasteiger partial charge is 0.504 e. The lowest BCUT2D eigenvalue weighted by molar-refractivity contribution is -0.678. The van der Waals surface area contributed by atoms with Crippen LogP contribution in [-0.4, -0.2) is 95.2 Å². The molecule has 6 rings (SSSR count). The number of fused-ring (bicyclic) bond motifs is 3. The molecule has 0 spiro atoms. The van der Waals surface area contributed by atoms with Gasteiger partial charge in [-0.25, -0.2) is 14.2 Å². The Balaban J connectivity index is 1.20. The van der Waals surface area contributed by atoms with Crippen molar-refractivity contribution in [1.82, 2.24) is 4.98 Å². The number of H-pyrrole nitrogens is 1. The van der Waals surface area contributed by atoms with E-state index in [-0.39, 0.29) is 17.1 Å². The normalized spacial score (nSPS) is 26.2. The van der Waals surface area contributed by atoms with Crippen molar-refractivity contribution in [1.29, 1.82) is 0 Å². The molecular weight excluding hydrogens is 676 g/mol. The summed E-state index contributed by atoms with van der Waals surface area (Å²) in [4.78, 5) is 29.1. The molecule has 0 amide bonds. The van der Waals surface area contributed by atoms with E-state index >= 15 is 0 Å². The summed E-state index contributed by atoms with van der Waals surface area (Å²) in [7, 11) is 4.58. The average Bonchev–Trinajstić information content (AvgIpc) is 3.53. The zero-order valence-electron chi connectivity index (χ0n) is 28.7. The highest BCUT2D eigenvalue weighted by atomic mass is 16.8. The zero-order valence-corrected chi connectivity index (χ0v) is 28.7. The van der Waals surface area contributed by atoms with E-state index in [0.29, 0.717) is 12.0 Å². The fourth-order valence-corrected chi connectivity index (χ4v) is 6.62. The van der Waals surface area contributed by atoms with E-state index in [9.17, 15) is 30.0 Å². The Morgan fingerprint density at radius 3 is 2.56 bits per heavy atom. The summed E-state index contributed by atoms with van der Waals surface area (Å²) < 4.78 is 35.2. The van der Waals surface area contributed by atoms with Gasteiger partial charge >= 0.3 is 11.9 Å². The van der Waals surface area contributed by atoms with Crippen molar-refractivity contribution in [3.8, 4) is 11.5 Å². The monoisotopic (exact) mass is 717 g/mol. The first-order valence-electron chi connectivity index (χ1n) is 16.6. The van der Waals surface area contributed by atoms with Crippen LogP contribution in [0.25, 0.3) is 27.9 Å². The molecule has 14 nitrogen and oxygen atoms in total. The fraction of sp³-hybridized carbons (Fsp3) is 0.342. The van der Waals surface area contributed by atoms with E-state index in [4.69, 9.17) is 28.4 Å². The number of phenolic OH excluding ortho intramolecular Hbond substituents is 1. The number of hydrogen-bond acceptors (Lipinski definition) is 12. The van der Waals surface area contributed by atoms with Crippen molar-refractivity contribution in [2.75, 3.05) is 20.8 Å². The lowest BCUT2D eigenvalue weighted by Gasteiger charge is -2.43. The molecule has 5 N–H and O–H groups in total. The van der Waals surface area contributed by atoms with Crippen LogP contribution in [-0.2, 0) is 46.7 Å². The molecule has 2 aromatic carbocycles. The SMILES string of the molecule is C=C[C@H]1[C@H](O[C@@H]2O[C@H](COC(=O)C=Cc3ccc(O)c(OC)c3)[C@@H](O)[C@H](O)[C@H]2O)OC=C(C(=O)OC)[C@H]1Cc1c2[nH]c3ccccc3c2cc[n+]1C. The third-order valence-corrected chi connectivity index (χ3v) is 9.48. The van der Waals surface area contributed by atoms with Gasteiger partial charge in [0.05, 0.1) is 26.1 Å². The molecule has 4 heterocycles. The summed E-state index contributed by atoms with van der Waals surface area (Å²) in [6.45, 7) is 3.50. The topological polar surface area (TPSA) is 190 Å². The summed E-state index contributed by atoms with van der Waals surface area (Å²) in [5.74, 6) is -2.51. The summed E-state index contributed by atoms with van der Waals surface area (Å²) >= 11 is 0. The van der Waals surface area contributed by atoms with Gasteiger partial charge in [0.25, 0.3) is 0 Å². The van der Waals surface area contributed by atoms with Gasteiger partial charge in [-0.1, -0.05) is 30.3 Å². The Hall–Kier alpha value is -5.25. The predicted octanol–water partition coefficient (Wildman–Crippen LogP) is 2.31. The second-order valence-electron chi connectivity index (χ2n) is 12.6. The first kappa shape index (κ1) is 36.5. The fourth-order valence-electron chi connectivity index (χ4n) is 6.62. The van der Waals surface area contributed by atoms with Crippen molar-refractivity contribution in [2.45, 2.75) is 43.4 Å². The average molecular weight is 718 g/mol. The number of nitrogens with zero attached hydrogens (tertiary/aromatic N) is 1. The van der Waals surface area contributed by atoms with Gasteiger partial charge in [-0.15, -0.1) is 6.58 Å². The van der Waals surface area contributed by atoms with Crippen LogP contribution in [0.1, 0.15) is 11.3 Å². The number of aromatic amines is 1. The molecule has 2 aliphatic heterocycles. The minimum absolute atomic E-state index is 0.0613. The van der Waals surface area contributed by atoms with E-state index in [0.717, 1.165) is 33.6 Å². The highest BCUT2D eigenvalue weighted by Crippen LogP contribution is 2.38. The van der Waals surface area contributed by atoms with Crippen LogP contribution >= 0.6 is 0 Å². The molecule has 2 aromatic heterocycles. The van der Waals surface area contributed by atoms with Crippen LogP contribution in [0.4, 0.5) is 0 Å². The number of hydrogen-bond donors (Lipinski definition) is 5. The maximum absolute atomic E-state index is 13.0. The first-order chi connectivity index (χ1) is 25.0. The number of carbonyl (C=O) groups excluding carboxylic acids is 2. The number of methoxy groups -OCH3 is 2. The Morgan fingerprint density at radius 2 is 1.81 bits per heavy atom. The van der Waals surface area contributed by atoms with Crippen LogP contribution < -0.4 is 9.30 Å². The number of benzene rings is 2. The predicted molar refractivity (Wildman–Crippen MR) is 185 cm³/mol. The number of ether oxygens (including phenoxy) is 6. The van der Waals surface area contributed by atoms with Crippen LogP contribution in [0.2, 0.25) is 0 Å². The minimum Gasteiger partial charge on any atom is -0.504 e. The van der Waals surface area contributed by atoms with Gasteiger partial charge in [0.2, 0.25) is 12.0 Å². The van der Waals surface area contributed by atoms with E-state index < -0.39 is 67.4 Å². The number of aromatic nitrogens is 2. The van der Waals surface area contributed by atoms with Gasteiger partial charge in [-0.2, -0.15) is 0 Å². The maximum atomic E-state index is 13.0. The number of aryl methyl sites for hydroxylation is 1. The molecule has 2 aliphatic rings. The Kier molecular flexibility index (Phi) is 10.9. The van der Waals surface area contributed by atoms with E-state index in [1.165, 1.54) is 38.7 Å². The maximum Gasteiger partial charge on any atom is 0.337 e. The summed E-state index contributed by atoms with van der Waals surface area (Å²) in [5.41, 5.74) is 3.52. The Labute approximate surface area is 298 Å². The molecule has 14 heteroatoms. The number of aliphatic hydroxyl groups excluding tert-OH is 3. The van der Waals surface area contributed by atoms with E-state index in [1.54, 1.807) is 12.1 Å². The lowest BCUT2D eigenvalue weighted by Crippen LogP contribution is -2.60. The number of carbonyl (C=O) groups is 2. The standard InChI is InChI=1S/C38H40N2O12/c1-5-21-24(17-27-32-23(14-15-40(27)2)22-8-6-7-9-26(22)39-32)25(36(46)48-4)18-50-37(21)52-38-35(45)34(44)33(43)30(51-38)19-49-31(42)13-11-20-10-12-28(41)29(16-20)47-3/h5-16,18,21,24,30,33-35,37-38,43-45H,1,17,19H2,2-4H3,(H,41,42)/p+1/t21-,24+,30-,33-,34+,35-,37+,38+/m1/s1. The molecule has 1 saturated heterocycles. The van der Waals surface area contributed by atoms with Crippen molar-refractivity contribution >= 4 is 39.8 Å². The van der Waals surface area contributed by atoms with Gasteiger partial charge in [-0.3, -0.25) is 0 Å². The highest BCUT2D eigenvalue weighted by molar-refractivity contribution is 6.07. The van der Waals surface area contributed by atoms with E-state index in [2.05, 4.69) is 11.6 Å². The van der Waals surface area contributed by atoms with Gasteiger partial charge in [0.1, 0.15) is 43.6 Å². The summed E-state index contributed by atoms with van der Waals surface area (Å²) in [6, 6.07) is 14.5. The second-order valence-corrected chi connectivity index (χ2v) is 12.6. The molecule has 8 atom stereocenters. The molecule has 0 unspecified atom stereocenters. The lowest BCUT2D eigenvalue weighted by atomic mass is 9.80. The van der Waals surface area contributed by atoms with Crippen molar-refractivity contribution in [3.05, 3.63) is 96.6 Å². The van der Waals surface area contributed by atoms with Crippen molar-refractivity contribution in [3.63, 3.8) is 0 Å². The molecular formula is C38H41N2O12+. The number of phenols is 1. The third-order valence-electron chi connectivity index (χ3n) is 9.48. The number of rotatable bonds is 11.